The van der Waals surface area contributed by atoms with Gasteiger partial charge >= 0.3 is 5.97 Å². The fourth-order valence-corrected chi connectivity index (χ4v) is 1.89. The zero-order valence-electron chi connectivity index (χ0n) is 10.5. The minimum Gasteiger partial charge on any atom is -0.497 e. The fraction of sp³-hybridized carbons (Fsp3) is 0.357. The molecule has 0 aliphatic heterocycles. The number of carbonyl (C=O) groups is 1. The van der Waals surface area contributed by atoms with Gasteiger partial charge in [0.15, 0.2) is 0 Å². The molecule has 1 atom stereocenters. The molecular formula is C14H17ClO3. The highest BCUT2D eigenvalue weighted by molar-refractivity contribution is 6.19. The van der Waals surface area contributed by atoms with Gasteiger partial charge in [-0.2, -0.15) is 0 Å². The molecule has 1 aromatic rings. The molecule has 4 heteroatoms. The maximum absolute atomic E-state index is 11.3. The largest absolute Gasteiger partial charge is 0.497 e. The summed E-state index contributed by atoms with van der Waals surface area (Å²) in [7, 11) is 1.58. The monoisotopic (exact) mass is 268 g/mol. The molecule has 0 aliphatic rings. The highest BCUT2D eigenvalue weighted by atomic mass is 35.5. The molecule has 0 spiro atoms. The van der Waals surface area contributed by atoms with E-state index in [1.54, 1.807) is 37.5 Å². The number of rotatable bonds is 6. The Morgan fingerprint density at radius 2 is 2.06 bits per heavy atom. The van der Waals surface area contributed by atoms with E-state index in [2.05, 4.69) is 0 Å². The molecule has 0 saturated heterocycles. The van der Waals surface area contributed by atoms with Crippen molar-refractivity contribution in [1.29, 1.82) is 0 Å². The van der Waals surface area contributed by atoms with Crippen LogP contribution in [-0.4, -0.2) is 24.1 Å². The predicted octanol–water partition coefficient (Wildman–Crippen LogP) is 3.44. The first-order valence-corrected chi connectivity index (χ1v) is 6.28. The Morgan fingerprint density at radius 1 is 1.44 bits per heavy atom. The number of aliphatic carboxylic acids is 1. The van der Waals surface area contributed by atoms with Crippen LogP contribution >= 0.6 is 11.6 Å². The van der Waals surface area contributed by atoms with Crippen LogP contribution in [-0.2, 0) is 4.79 Å². The van der Waals surface area contributed by atoms with Crippen molar-refractivity contribution in [3.63, 3.8) is 0 Å². The van der Waals surface area contributed by atoms with Crippen LogP contribution in [0.5, 0.6) is 5.75 Å². The van der Waals surface area contributed by atoms with Crippen LogP contribution in [0.15, 0.2) is 35.9 Å². The molecule has 0 fully saturated rings. The van der Waals surface area contributed by atoms with Gasteiger partial charge in [-0.3, -0.25) is 4.79 Å². The van der Waals surface area contributed by atoms with Gasteiger partial charge in [0.1, 0.15) is 11.7 Å². The van der Waals surface area contributed by atoms with Gasteiger partial charge in [0.25, 0.3) is 0 Å². The first-order chi connectivity index (χ1) is 8.62. The third-order valence-corrected chi connectivity index (χ3v) is 3.11. The second kappa shape index (κ2) is 7.07. The Morgan fingerprint density at radius 3 is 2.44 bits per heavy atom. The van der Waals surface area contributed by atoms with E-state index in [0.717, 1.165) is 17.6 Å². The van der Waals surface area contributed by atoms with E-state index >= 15 is 0 Å². The number of alkyl halides is 1. The smallest absolute Gasteiger partial charge is 0.314 e. The van der Waals surface area contributed by atoms with E-state index in [4.69, 9.17) is 16.3 Å². The summed E-state index contributed by atoms with van der Waals surface area (Å²) in [6.07, 6.45) is 2.47. The Bertz CT molecular complexity index is 417. The fourth-order valence-electron chi connectivity index (χ4n) is 1.61. The minimum absolute atomic E-state index is 0.358. The quantitative estimate of drug-likeness (QED) is 0.635. The highest BCUT2D eigenvalue weighted by Gasteiger charge is 2.17. The number of benzene rings is 1. The summed E-state index contributed by atoms with van der Waals surface area (Å²) in [6.45, 7) is 1.96. The normalized spacial score (nSPS) is 13.2. The number of carboxylic acids is 1. The lowest BCUT2D eigenvalue weighted by Gasteiger charge is -2.11. The van der Waals surface area contributed by atoms with Gasteiger partial charge in [-0.05, 0) is 24.1 Å². The molecule has 1 rings (SSSR count). The molecule has 3 nitrogen and oxygen atoms in total. The Labute approximate surface area is 112 Å². The van der Waals surface area contributed by atoms with Gasteiger partial charge in [-0.15, -0.1) is 11.6 Å². The molecule has 98 valence electrons. The Balaban J connectivity index is 3.04. The summed E-state index contributed by atoms with van der Waals surface area (Å²) in [5.74, 6) is -0.475. The number of hydrogen-bond acceptors (Lipinski definition) is 2. The number of hydrogen-bond donors (Lipinski definition) is 1. The first kappa shape index (κ1) is 14.6. The topological polar surface area (TPSA) is 46.5 Å². The standard InChI is InChI=1S/C14H17ClO3/c1-3-10(9-15)8-13(14(16)17)11-4-6-12(18-2)7-5-11/h4-8,13H,3,9H2,1-2H3,(H,16,17)/b10-8+/t13-/m1/s1. The average Bonchev–Trinajstić information content (AvgIpc) is 2.40. The molecule has 0 radical (unpaired) electrons. The van der Waals surface area contributed by atoms with Crippen molar-refractivity contribution < 1.29 is 14.6 Å². The van der Waals surface area contributed by atoms with Crippen molar-refractivity contribution in [1.82, 2.24) is 0 Å². The van der Waals surface area contributed by atoms with Gasteiger partial charge < -0.3 is 9.84 Å². The number of halogens is 1. The van der Waals surface area contributed by atoms with Gasteiger partial charge in [-0.1, -0.05) is 30.7 Å². The number of methoxy groups -OCH3 is 1. The van der Waals surface area contributed by atoms with Gasteiger partial charge in [0.2, 0.25) is 0 Å². The summed E-state index contributed by atoms with van der Waals surface area (Å²) in [5.41, 5.74) is 1.65. The van der Waals surface area contributed by atoms with Crippen molar-refractivity contribution in [2.75, 3.05) is 13.0 Å². The molecule has 0 unspecified atom stereocenters. The maximum atomic E-state index is 11.3. The third-order valence-electron chi connectivity index (χ3n) is 2.77. The van der Waals surface area contributed by atoms with Crippen LogP contribution in [0, 0.1) is 0 Å². The maximum Gasteiger partial charge on any atom is 0.314 e. The Hall–Kier alpha value is -1.48. The van der Waals surface area contributed by atoms with Crippen LogP contribution < -0.4 is 4.74 Å². The minimum atomic E-state index is -0.878. The molecule has 0 aromatic heterocycles. The van der Waals surface area contributed by atoms with E-state index in [9.17, 15) is 9.90 Å². The van der Waals surface area contributed by atoms with E-state index in [0.29, 0.717) is 11.6 Å². The molecule has 0 saturated carbocycles. The van der Waals surface area contributed by atoms with Crippen molar-refractivity contribution in [2.45, 2.75) is 19.3 Å². The molecule has 0 heterocycles. The number of ether oxygens (including phenoxy) is 1. The number of allylic oxidation sites excluding steroid dienone is 1. The summed E-state index contributed by atoms with van der Waals surface area (Å²) >= 11 is 5.77. The van der Waals surface area contributed by atoms with Crippen molar-refractivity contribution in [2.24, 2.45) is 0 Å². The molecule has 0 bridgehead atoms. The lowest BCUT2D eigenvalue weighted by atomic mass is 9.96. The first-order valence-electron chi connectivity index (χ1n) is 5.74. The molecule has 0 aliphatic carbocycles. The number of carboxylic acid groups (broad SMARTS) is 1. The Kier molecular flexibility index (Phi) is 5.72. The van der Waals surface area contributed by atoms with Gasteiger partial charge in [0, 0.05) is 5.88 Å². The zero-order chi connectivity index (χ0) is 13.5. The van der Waals surface area contributed by atoms with Crippen LogP contribution in [0.4, 0.5) is 0 Å². The van der Waals surface area contributed by atoms with E-state index < -0.39 is 11.9 Å². The molecular weight excluding hydrogens is 252 g/mol. The SMILES string of the molecule is CC/C(=C\[C@@H](C(=O)O)c1ccc(OC)cc1)CCl. The predicted molar refractivity (Wildman–Crippen MR) is 72.5 cm³/mol. The molecule has 0 amide bonds. The second-order valence-electron chi connectivity index (χ2n) is 3.90. The lowest BCUT2D eigenvalue weighted by molar-refractivity contribution is -0.137. The average molecular weight is 269 g/mol. The van der Waals surface area contributed by atoms with E-state index in [1.165, 1.54) is 0 Å². The van der Waals surface area contributed by atoms with Crippen molar-refractivity contribution in [3.05, 3.63) is 41.5 Å². The van der Waals surface area contributed by atoms with Crippen LogP contribution in [0.25, 0.3) is 0 Å². The third kappa shape index (κ3) is 3.77. The van der Waals surface area contributed by atoms with Crippen LogP contribution in [0.2, 0.25) is 0 Å². The summed E-state index contributed by atoms with van der Waals surface area (Å²) in [4.78, 5) is 11.3. The summed E-state index contributed by atoms with van der Waals surface area (Å²) in [5, 5.41) is 9.27. The highest BCUT2D eigenvalue weighted by Crippen LogP contribution is 2.23. The van der Waals surface area contributed by atoms with Crippen LogP contribution in [0.3, 0.4) is 0 Å². The molecule has 18 heavy (non-hydrogen) atoms. The summed E-state index contributed by atoms with van der Waals surface area (Å²) < 4.78 is 5.05. The molecule has 1 aromatic carbocycles. The van der Waals surface area contributed by atoms with Gasteiger partial charge in [-0.25, -0.2) is 0 Å². The second-order valence-corrected chi connectivity index (χ2v) is 4.17. The van der Waals surface area contributed by atoms with E-state index in [1.807, 2.05) is 6.92 Å². The van der Waals surface area contributed by atoms with E-state index in [-0.39, 0.29) is 0 Å². The van der Waals surface area contributed by atoms with Crippen molar-refractivity contribution in [3.8, 4) is 5.75 Å². The summed E-state index contributed by atoms with van der Waals surface area (Å²) in [6, 6.07) is 7.03. The molecule has 1 N–H and O–H groups in total. The lowest BCUT2D eigenvalue weighted by Crippen LogP contribution is -2.10. The van der Waals surface area contributed by atoms with Gasteiger partial charge in [0.05, 0.1) is 7.11 Å². The van der Waals surface area contributed by atoms with Crippen LogP contribution in [0.1, 0.15) is 24.8 Å². The van der Waals surface area contributed by atoms with Crippen molar-refractivity contribution >= 4 is 17.6 Å². The zero-order valence-corrected chi connectivity index (χ0v) is 11.3.